The molecule has 0 rings (SSSR count). The molecule has 0 amide bonds. The molecule has 6 nitrogen and oxygen atoms in total. The van der Waals surface area contributed by atoms with E-state index in [2.05, 4.69) is 5.32 Å². The summed E-state index contributed by atoms with van der Waals surface area (Å²) >= 11 is 0. The highest BCUT2D eigenvalue weighted by molar-refractivity contribution is 7.85. The highest BCUT2D eigenvalue weighted by Crippen LogP contribution is 1.82. The molecule has 0 aromatic heterocycles. The maximum absolute atomic E-state index is 10.1. The molecule has 7 heteroatoms. The molecule has 4 N–H and O–H groups in total. The van der Waals surface area contributed by atoms with Crippen LogP contribution in [-0.4, -0.2) is 37.7 Å². The van der Waals surface area contributed by atoms with Crippen molar-refractivity contribution in [2.75, 3.05) is 12.4 Å². The number of nitrogens with two attached hydrogens (primary N) is 1. The molecule has 0 heterocycles. The Morgan fingerprint density at radius 2 is 2.17 bits per heavy atom. The van der Waals surface area contributed by atoms with Crippen LogP contribution in [0.2, 0.25) is 0 Å². The fraction of sp³-hybridized carbons (Fsp3) is 0.800. The molecule has 0 saturated carbocycles. The van der Waals surface area contributed by atoms with E-state index in [1.807, 2.05) is 0 Å². The van der Waals surface area contributed by atoms with Crippen LogP contribution in [0, 0.1) is 0 Å². The Balaban J connectivity index is 3.40. The summed E-state index contributed by atoms with van der Waals surface area (Å²) in [4.78, 5) is 9.98. The van der Waals surface area contributed by atoms with Crippen molar-refractivity contribution >= 4 is 16.4 Å². The van der Waals surface area contributed by atoms with Gasteiger partial charge in [0.15, 0.2) is 0 Å². The first-order valence-electron chi connectivity index (χ1n) is 3.32. The number of rotatable bonds is 6. The fourth-order valence-electron chi connectivity index (χ4n) is 0.538. The van der Waals surface area contributed by atoms with Crippen LogP contribution in [-0.2, 0) is 14.9 Å². The highest BCUT2D eigenvalue weighted by atomic mass is 32.2. The Kier molecular flexibility index (Phi) is 4.98. The summed E-state index contributed by atoms with van der Waals surface area (Å²) in [5.41, 5.74) is 5.20. The third-order valence-corrected chi connectivity index (χ3v) is 1.68. The third kappa shape index (κ3) is 7.61. The van der Waals surface area contributed by atoms with E-state index in [9.17, 15) is 13.2 Å². The topological polar surface area (TPSA) is 109 Å². The summed E-state index contributed by atoms with van der Waals surface area (Å²) in [5.74, 6) is -0.515. The van der Waals surface area contributed by atoms with Gasteiger partial charge in [-0.3, -0.25) is 4.55 Å². The van der Waals surface area contributed by atoms with Gasteiger partial charge in [-0.15, -0.1) is 0 Å². The second-order valence-electron chi connectivity index (χ2n) is 2.31. The van der Waals surface area contributed by atoms with Crippen molar-refractivity contribution in [3.8, 4) is 0 Å². The summed E-state index contributed by atoms with van der Waals surface area (Å²) in [5, 5.41) is 2.41. The van der Waals surface area contributed by atoms with Gasteiger partial charge >= 0.3 is 0 Å². The molecule has 0 aromatic carbocycles. The summed E-state index contributed by atoms with van der Waals surface area (Å²) < 4.78 is 28.5. The minimum Gasteiger partial charge on any atom is -0.322 e. The maximum atomic E-state index is 10.1. The van der Waals surface area contributed by atoms with Gasteiger partial charge in [0.05, 0.1) is 6.04 Å². The van der Waals surface area contributed by atoms with Gasteiger partial charge in [-0.2, -0.15) is 8.42 Å². The first-order chi connectivity index (χ1) is 5.45. The second kappa shape index (κ2) is 5.20. The quantitative estimate of drug-likeness (QED) is 0.266. The van der Waals surface area contributed by atoms with Crippen LogP contribution in [0.25, 0.3) is 0 Å². The van der Waals surface area contributed by atoms with Gasteiger partial charge in [-0.1, -0.05) is 0 Å². The molecule has 0 aliphatic carbocycles. The molecular formula is C5H12N2O4S. The molecule has 1 atom stereocenters. The maximum Gasteiger partial charge on any atom is 0.278 e. The Morgan fingerprint density at radius 1 is 1.58 bits per heavy atom. The van der Waals surface area contributed by atoms with Crippen LogP contribution in [0.15, 0.2) is 0 Å². The monoisotopic (exact) mass is 196 g/mol. The van der Waals surface area contributed by atoms with E-state index in [4.69, 9.17) is 10.3 Å². The van der Waals surface area contributed by atoms with E-state index >= 15 is 0 Å². The minimum atomic E-state index is -3.97. The molecule has 0 radical (unpaired) electrons. The number of hydrogen-bond donors (Lipinski definition) is 3. The van der Waals surface area contributed by atoms with Crippen LogP contribution in [0.1, 0.15) is 6.42 Å². The summed E-state index contributed by atoms with van der Waals surface area (Å²) in [6.45, 7) is 0.277. The summed E-state index contributed by atoms with van der Waals surface area (Å²) in [6, 6.07) is -0.584. The largest absolute Gasteiger partial charge is 0.322 e. The smallest absolute Gasteiger partial charge is 0.278 e. The van der Waals surface area contributed by atoms with Gasteiger partial charge in [-0.25, -0.2) is 0 Å². The second-order valence-corrected chi connectivity index (χ2v) is 3.77. The Labute approximate surface area is 70.9 Å². The number of carbonyl (C=O) groups excluding carboxylic acids is 1. The standard InChI is InChI=1S/C5H12N2O4S/c6-5(3-8)1-2-7-4-12(9,10)11/h3,5,7H,1-2,4,6H2,(H,9,10,11). The lowest BCUT2D eigenvalue weighted by molar-refractivity contribution is -0.109. The lowest BCUT2D eigenvalue weighted by atomic mass is 10.2. The average molecular weight is 196 g/mol. The van der Waals surface area contributed by atoms with Crippen molar-refractivity contribution in [1.82, 2.24) is 5.32 Å². The summed E-state index contributed by atoms with van der Waals surface area (Å²) in [7, 11) is -3.97. The minimum absolute atomic E-state index is 0.277. The van der Waals surface area contributed by atoms with Crippen LogP contribution < -0.4 is 11.1 Å². The van der Waals surface area contributed by atoms with Crippen molar-refractivity contribution in [3.63, 3.8) is 0 Å². The number of hydrogen-bond acceptors (Lipinski definition) is 5. The van der Waals surface area contributed by atoms with Crippen molar-refractivity contribution in [1.29, 1.82) is 0 Å². The average Bonchev–Trinajstić information content (AvgIpc) is 1.96. The summed E-state index contributed by atoms with van der Waals surface area (Å²) in [6.07, 6.45) is 0.925. The molecule has 12 heavy (non-hydrogen) atoms. The Hall–Kier alpha value is -0.500. The molecule has 0 aliphatic rings. The zero-order valence-corrected chi connectivity index (χ0v) is 7.25. The van der Waals surface area contributed by atoms with E-state index in [1.165, 1.54) is 0 Å². The van der Waals surface area contributed by atoms with E-state index in [0.29, 0.717) is 12.7 Å². The molecule has 0 saturated heterocycles. The SMILES string of the molecule is NC(C=O)CCNCS(=O)(=O)O. The van der Waals surface area contributed by atoms with Gasteiger partial charge in [-0.05, 0) is 13.0 Å². The third-order valence-electron chi connectivity index (χ3n) is 1.11. The molecule has 0 bridgehead atoms. The van der Waals surface area contributed by atoms with Gasteiger partial charge in [0, 0.05) is 0 Å². The van der Waals surface area contributed by atoms with Crippen molar-refractivity contribution in [3.05, 3.63) is 0 Å². The van der Waals surface area contributed by atoms with Crippen LogP contribution in [0.5, 0.6) is 0 Å². The predicted molar refractivity (Wildman–Crippen MR) is 43.1 cm³/mol. The molecule has 0 spiro atoms. The van der Waals surface area contributed by atoms with Crippen molar-refractivity contribution in [2.45, 2.75) is 12.5 Å². The molecule has 0 fully saturated rings. The van der Waals surface area contributed by atoms with Crippen LogP contribution in [0.4, 0.5) is 0 Å². The molecule has 72 valence electrons. The number of aldehydes is 1. The van der Waals surface area contributed by atoms with Crippen LogP contribution >= 0.6 is 0 Å². The number of carbonyl (C=O) groups is 1. The highest BCUT2D eigenvalue weighted by Gasteiger charge is 2.03. The van der Waals surface area contributed by atoms with Crippen LogP contribution in [0.3, 0.4) is 0 Å². The zero-order valence-electron chi connectivity index (χ0n) is 6.43. The molecular weight excluding hydrogens is 184 g/mol. The molecule has 0 aliphatic heterocycles. The Morgan fingerprint density at radius 3 is 2.58 bits per heavy atom. The molecule has 1 unspecified atom stereocenters. The predicted octanol–water partition coefficient (Wildman–Crippen LogP) is -1.66. The Bertz CT molecular complexity index is 226. The fourth-order valence-corrected chi connectivity index (χ4v) is 0.940. The van der Waals surface area contributed by atoms with E-state index in [0.717, 1.165) is 0 Å². The van der Waals surface area contributed by atoms with Gasteiger partial charge in [0.2, 0.25) is 0 Å². The van der Waals surface area contributed by atoms with Crippen molar-refractivity contribution in [2.24, 2.45) is 5.73 Å². The lowest BCUT2D eigenvalue weighted by Crippen LogP contribution is -2.30. The first-order valence-corrected chi connectivity index (χ1v) is 4.93. The van der Waals surface area contributed by atoms with Gasteiger partial charge < -0.3 is 15.8 Å². The van der Waals surface area contributed by atoms with Crippen molar-refractivity contribution < 1.29 is 17.8 Å². The van der Waals surface area contributed by atoms with E-state index in [1.54, 1.807) is 0 Å². The van der Waals surface area contributed by atoms with E-state index < -0.39 is 22.0 Å². The molecule has 0 aromatic rings. The van der Waals surface area contributed by atoms with Gasteiger partial charge in [0.25, 0.3) is 10.1 Å². The number of nitrogens with one attached hydrogen (secondary N) is 1. The normalized spacial score (nSPS) is 14.2. The zero-order chi connectivity index (χ0) is 9.61. The van der Waals surface area contributed by atoms with E-state index in [-0.39, 0.29) is 6.54 Å². The van der Waals surface area contributed by atoms with Gasteiger partial charge in [0.1, 0.15) is 12.2 Å². The first kappa shape index (κ1) is 11.5. The lowest BCUT2D eigenvalue weighted by Gasteiger charge is -2.03.